The smallest absolute Gasteiger partial charge is 0.478 e. The van der Waals surface area contributed by atoms with Gasteiger partial charge >= 0.3 is 29.4 Å². The van der Waals surface area contributed by atoms with Crippen LogP contribution in [0.4, 0.5) is 11.5 Å². The van der Waals surface area contributed by atoms with E-state index in [-0.39, 0.29) is 52.2 Å². The number of likely N-dealkylation sites (N-methyl/N-ethyl adjacent to an activating group) is 2. The van der Waals surface area contributed by atoms with Crippen molar-refractivity contribution in [1.29, 1.82) is 0 Å². The summed E-state index contributed by atoms with van der Waals surface area (Å²) in [5, 5.41) is 36.5. The van der Waals surface area contributed by atoms with Crippen LogP contribution in [-0.2, 0) is 36.1 Å². The van der Waals surface area contributed by atoms with Gasteiger partial charge in [0, 0.05) is 71.7 Å². The number of phosphoric ester groups is 2. The lowest BCUT2D eigenvalue weighted by atomic mass is 9.83. The van der Waals surface area contributed by atoms with Crippen LogP contribution in [-0.4, -0.2) is 124 Å². The standard InChI is InChI=1S/C53H65N8O17P3/c1-9-60-38-22-40-36(20-33(38)29(3)24-52(60,5)6)43(37-21-34-30(4)25-53(7,8)61(10-2)39(34)23-41(37)75-40)35-19-31(15-16-32(35)51(65)66)49(64)55-17-13-11-12-14-18-73-79(67,68)77-81(71,72)78-80(69,70)74-26-42-45(62)46(63)50(76-42)59-28-58-44-47(54)56-27-57-48(44)59/h15-16,19-25,27-28,42,45-46,50,62-63H,9-14,17-18,26H2,1-8H3,(H6-,54,55,56,57,64,65,66,67,68,69,70,71,72)/p+1/t42-,45-,46-,50-/m1/s1. The third-order valence-corrected chi connectivity index (χ3v) is 19.0. The molecule has 9 rings (SSSR count). The molecule has 4 aliphatic heterocycles. The maximum absolute atomic E-state index is 13.9. The van der Waals surface area contributed by atoms with Crippen molar-refractivity contribution in [3.8, 4) is 11.5 Å². The number of nitrogen functional groups attached to an aromatic ring is 1. The molecule has 1 fully saturated rings. The highest BCUT2D eigenvalue weighted by atomic mass is 31.3. The number of anilines is 2. The predicted octanol–water partition coefficient (Wildman–Crippen LogP) is 6.17. The Balaban J connectivity index is 0.824. The number of ether oxygens (including phenoxy) is 2. The van der Waals surface area contributed by atoms with Gasteiger partial charge in [-0.2, -0.15) is 8.62 Å². The lowest BCUT2D eigenvalue weighted by molar-refractivity contribution is -0.0503. The van der Waals surface area contributed by atoms with Crippen LogP contribution in [0.3, 0.4) is 0 Å². The van der Waals surface area contributed by atoms with Crippen molar-refractivity contribution >= 4 is 74.7 Å². The van der Waals surface area contributed by atoms with E-state index < -0.39 is 73.1 Å². The number of allylic oxidation sites excluding steroid dienone is 2. The average Bonchev–Trinajstić information content (AvgIpc) is 4.14. The number of aromatic carboxylic acids is 1. The van der Waals surface area contributed by atoms with E-state index in [2.05, 4.69) is 118 Å². The van der Waals surface area contributed by atoms with Gasteiger partial charge in [0.15, 0.2) is 23.2 Å². The minimum atomic E-state index is -5.84. The Kier molecular flexibility index (Phi) is 16.7. The molecular weight excluding hydrogens is 1110 g/mol. The predicted molar refractivity (Wildman–Crippen MR) is 297 cm³/mol. The van der Waals surface area contributed by atoms with Crippen molar-refractivity contribution in [3.63, 3.8) is 0 Å². The Morgan fingerprint density at radius 1 is 0.815 bits per heavy atom. The van der Waals surface area contributed by atoms with Crippen LogP contribution in [0.25, 0.3) is 27.9 Å². The fourth-order valence-corrected chi connectivity index (χ4v) is 14.8. The number of imidazole rings is 1. The van der Waals surface area contributed by atoms with Crippen molar-refractivity contribution in [1.82, 2.24) is 29.4 Å². The summed E-state index contributed by atoms with van der Waals surface area (Å²) >= 11 is 0. The molecule has 2 aromatic heterocycles. The second-order valence-electron chi connectivity index (χ2n) is 21.2. The largest absolute Gasteiger partial charge is 0.490 e. The van der Waals surface area contributed by atoms with Crippen LogP contribution in [0.2, 0.25) is 0 Å². The number of phosphoric acid groups is 3. The van der Waals surface area contributed by atoms with Gasteiger partial charge in [-0.3, -0.25) is 18.4 Å². The lowest BCUT2D eigenvalue weighted by Gasteiger charge is -2.43. The second kappa shape index (κ2) is 22.6. The molecule has 1 amide bonds. The number of nitrogens with two attached hydrogens (primary N) is 1. The number of amides is 1. The van der Waals surface area contributed by atoms with Crippen LogP contribution < -0.4 is 35.8 Å². The average molecular weight is 1180 g/mol. The van der Waals surface area contributed by atoms with Gasteiger partial charge in [-0.25, -0.2) is 38.0 Å². The quantitative estimate of drug-likeness (QED) is 0.0227. The molecule has 28 heteroatoms. The summed E-state index contributed by atoms with van der Waals surface area (Å²) in [5.74, 6) is -0.502. The number of aliphatic hydroxyl groups excluding tert-OH is 2. The SMILES string of the molecule is CCN1c2cc3c(cc2C(C)=CC1(C)C)C(c1cc(C(=O)NCCCCCCOP(=O)(O)OP(=O)(O)OP(=O)(O)OC[C@H]2O[C@@H](n4cnc5c(N)ncnc54)[C@H](O)[C@@H]2O)ccc1C(=O)O)=c1cc2c(cc1O3)=[N+](CC)C(C)(C)C=C2C. The first-order valence-electron chi connectivity index (χ1n) is 26.2. The van der Waals surface area contributed by atoms with Crippen molar-refractivity contribution in [2.24, 2.45) is 0 Å². The van der Waals surface area contributed by atoms with Gasteiger partial charge in [-0.15, -0.1) is 0 Å². The highest BCUT2D eigenvalue weighted by molar-refractivity contribution is 7.66. The minimum Gasteiger partial charge on any atom is -0.478 e. The number of benzene rings is 3. The molecule has 6 heterocycles. The van der Waals surface area contributed by atoms with Gasteiger partial charge in [0.2, 0.25) is 5.36 Å². The van der Waals surface area contributed by atoms with E-state index in [0.717, 1.165) is 52.7 Å². The molecule has 3 unspecified atom stereocenters. The summed E-state index contributed by atoms with van der Waals surface area (Å²) in [6.45, 7) is 17.2. The first-order valence-corrected chi connectivity index (χ1v) is 30.7. The Bertz CT molecular complexity index is 3720. The summed E-state index contributed by atoms with van der Waals surface area (Å²) in [5.41, 5.74) is 12.4. The number of carboxylic acid groups (broad SMARTS) is 1. The van der Waals surface area contributed by atoms with Crippen LogP contribution in [0.5, 0.6) is 11.5 Å². The molecule has 25 nitrogen and oxygen atoms in total. The number of hydrogen-bond donors (Lipinski definition) is 8. The van der Waals surface area contributed by atoms with E-state index in [4.69, 9.17) is 24.3 Å². The molecule has 1 saturated heterocycles. The molecule has 7 atom stereocenters. The summed E-state index contributed by atoms with van der Waals surface area (Å²) < 4.78 is 71.7. The third kappa shape index (κ3) is 12.1. The van der Waals surface area contributed by atoms with Gasteiger partial charge in [0.25, 0.3) is 5.91 Å². The van der Waals surface area contributed by atoms with Crippen molar-refractivity contribution in [3.05, 3.63) is 111 Å². The van der Waals surface area contributed by atoms with Gasteiger partial charge < -0.3 is 55.4 Å². The maximum atomic E-state index is 13.9. The Morgan fingerprint density at radius 3 is 2.22 bits per heavy atom. The van der Waals surface area contributed by atoms with E-state index in [0.29, 0.717) is 52.7 Å². The fraction of sp³-hybridized carbons (Fsp3) is 0.434. The number of carbonyl (C=O) groups is 2. The molecule has 81 heavy (non-hydrogen) atoms. The first kappa shape index (κ1) is 59.6. The van der Waals surface area contributed by atoms with E-state index in [1.165, 1.54) is 23.0 Å². The molecule has 0 radical (unpaired) electrons. The molecule has 0 saturated carbocycles. The number of carboxylic acids is 1. The zero-order valence-corrected chi connectivity index (χ0v) is 48.5. The third-order valence-electron chi connectivity index (χ3n) is 14.8. The fourth-order valence-electron chi connectivity index (χ4n) is 11.3. The van der Waals surface area contributed by atoms with Crippen LogP contribution in [0, 0.1) is 0 Å². The topological polar surface area (TPSA) is 350 Å². The van der Waals surface area contributed by atoms with Gasteiger partial charge in [0.05, 0.1) is 36.7 Å². The van der Waals surface area contributed by atoms with Crippen LogP contribution >= 0.6 is 23.5 Å². The van der Waals surface area contributed by atoms with Crippen molar-refractivity contribution in [2.45, 2.75) is 117 Å². The summed E-state index contributed by atoms with van der Waals surface area (Å²) in [6.07, 6.45) is 2.02. The van der Waals surface area contributed by atoms with E-state index >= 15 is 0 Å². The summed E-state index contributed by atoms with van der Waals surface area (Å²) in [4.78, 5) is 71.7. The van der Waals surface area contributed by atoms with Gasteiger partial charge in [0.1, 0.15) is 48.2 Å². The molecule has 3 aromatic carbocycles. The molecule has 434 valence electrons. The number of carbonyl (C=O) groups excluding carboxylic acids is 1. The normalized spacial score (nSPS) is 22.0. The summed E-state index contributed by atoms with van der Waals surface area (Å²) in [6, 6.07) is 12.7. The number of unbranched alkanes of at least 4 members (excludes halogenated alkanes) is 3. The monoisotopic (exact) mass is 1180 g/mol. The van der Waals surface area contributed by atoms with Crippen molar-refractivity contribution < 1.29 is 80.4 Å². The number of aliphatic hydroxyl groups is 2. The van der Waals surface area contributed by atoms with E-state index in [1.54, 1.807) is 6.07 Å². The van der Waals surface area contributed by atoms with Crippen molar-refractivity contribution in [2.75, 3.05) is 43.5 Å². The Hall–Kier alpha value is -6.01. The Labute approximate surface area is 465 Å². The zero-order chi connectivity index (χ0) is 58.7. The molecule has 0 bridgehead atoms. The number of fused-ring (bicyclic) bond motifs is 5. The Morgan fingerprint density at radius 2 is 1.52 bits per heavy atom. The lowest BCUT2D eigenvalue weighted by Crippen LogP contribution is -2.49. The van der Waals surface area contributed by atoms with Crippen LogP contribution in [0.15, 0.2) is 67.3 Å². The number of aromatic nitrogens is 4. The molecule has 4 aliphatic rings. The molecule has 0 aliphatic carbocycles. The van der Waals surface area contributed by atoms with Gasteiger partial charge in [-0.05, 0) is 108 Å². The van der Waals surface area contributed by atoms with E-state index in [9.17, 15) is 53.3 Å². The summed E-state index contributed by atoms with van der Waals surface area (Å²) in [7, 11) is -16.8. The first-order chi connectivity index (χ1) is 38.1. The molecular formula is C53H66N8O17P3+. The second-order valence-corrected chi connectivity index (χ2v) is 25.9. The molecule has 0 spiro atoms. The molecule has 5 aromatic rings. The minimum absolute atomic E-state index is 0.00657. The highest BCUT2D eigenvalue weighted by Crippen LogP contribution is 2.68. The zero-order valence-electron chi connectivity index (χ0n) is 45.8. The van der Waals surface area contributed by atoms with Crippen LogP contribution in [0.1, 0.15) is 130 Å². The van der Waals surface area contributed by atoms with Gasteiger partial charge in [-0.1, -0.05) is 18.9 Å². The van der Waals surface area contributed by atoms with E-state index in [1.807, 2.05) is 12.1 Å². The molecule has 9 N–H and O–H groups in total. The number of rotatable bonds is 21. The highest BCUT2D eigenvalue weighted by Gasteiger charge is 2.48. The number of nitrogens with one attached hydrogen (secondary N) is 1. The number of hydrogen-bond acceptors (Lipinski definition) is 18. The maximum Gasteiger partial charge on any atom is 0.490 e. The number of nitrogens with zero attached hydrogens (tertiary/aromatic N) is 6.